The van der Waals surface area contributed by atoms with Gasteiger partial charge in [0.05, 0.1) is 23.9 Å². The second-order valence-electron chi connectivity index (χ2n) is 10.0. The van der Waals surface area contributed by atoms with E-state index < -0.39 is 53.2 Å². The van der Waals surface area contributed by atoms with Crippen LogP contribution in [0.25, 0.3) is 10.8 Å². The first-order valence-corrected chi connectivity index (χ1v) is 16.2. The van der Waals surface area contributed by atoms with E-state index in [-0.39, 0.29) is 45.4 Å². The molecule has 5 rings (SSSR count). The number of phenolic OH excluding ortho intramolecular Hbond substituents is 1. The van der Waals surface area contributed by atoms with Gasteiger partial charge in [0.2, 0.25) is 5.95 Å². The molecule has 248 valence electrons. The molecule has 0 bridgehead atoms. The van der Waals surface area contributed by atoms with Crippen LogP contribution in [-0.4, -0.2) is 53.1 Å². The summed E-state index contributed by atoms with van der Waals surface area (Å²) in [7, 11) is -8.52. The van der Waals surface area contributed by atoms with Crippen LogP contribution in [0.15, 0.2) is 84.8 Å². The van der Waals surface area contributed by atoms with Crippen LogP contribution in [-0.2, 0) is 20.2 Å². The molecule has 0 unspecified atom stereocenters. The number of rotatable bonds is 9. The average Bonchev–Trinajstić information content (AvgIpc) is 2.99. The Morgan fingerprint density at radius 3 is 2.15 bits per heavy atom. The van der Waals surface area contributed by atoms with Gasteiger partial charge in [-0.25, -0.2) is 0 Å². The molecule has 0 radical (unpaired) electrons. The molecule has 0 fully saturated rings. The van der Waals surface area contributed by atoms with Crippen molar-refractivity contribution >= 4 is 71.1 Å². The van der Waals surface area contributed by atoms with Crippen molar-refractivity contribution in [3.63, 3.8) is 0 Å². The Labute approximate surface area is 271 Å². The molecule has 0 aliphatic heterocycles. The highest BCUT2D eigenvalue weighted by molar-refractivity contribution is 7.86. The lowest BCUT2D eigenvalue weighted by atomic mass is 10.0. The maximum Gasteiger partial charge on any atom is 0.323 e. The van der Waals surface area contributed by atoms with Crippen molar-refractivity contribution in [3.8, 4) is 11.8 Å². The highest BCUT2D eigenvalue weighted by Gasteiger charge is 2.25. The van der Waals surface area contributed by atoms with E-state index in [0.29, 0.717) is 5.69 Å². The first kappa shape index (κ1) is 33.7. The number of nitrogens with zero attached hydrogens (tertiary/aromatic N) is 7. The number of hydrogen-bond acceptors (Lipinski definition) is 15. The number of azo groups is 2. The summed E-state index contributed by atoms with van der Waals surface area (Å²) in [5.41, 5.74) is 6.38. The number of nitrogen functional groups attached to an aromatic ring is 1. The zero-order valence-corrected chi connectivity index (χ0v) is 26.6. The summed E-state index contributed by atoms with van der Waals surface area (Å²) in [6.07, 6.45) is -1.16. The van der Waals surface area contributed by atoms with E-state index in [2.05, 4.69) is 40.7 Å². The topological polar surface area (TPSA) is 264 Å². The predicted molar refractivity (Wildman–Crippen MR) is 170 cm³/mol. The predicted octanol–water partition coefficient (Wildman–Crippen LogP) is 6.14. The molecular weight excluding hydrogens is 673 g/mol. The van der Waals surface area contributed by atoms with Gasteiger partial charge in [-0.2, -0.15) is 36.3 Å². The number of fused-ring (bicyclic) bond motifs is 1. The smallest absolute Gasteiger partial charge is 0.323 e. The number of aromatic hydroxyl groups is 1. The van der Waals surface area contributed by atoms with Crippen LogP contribution < -0.4 is 15.8 Å². The summed E-state index contributed by atoms with van der Waals surface area (Å²) in [6, 6.07) is 12.1. The Bertz CT molecular complexity index is 2370. The van der Waals surface area contributed by atoms with Crippen molar-refractivity contribution in [2.24, 2.45) is 20.5 Å². The van der Waals surface area contributed by atoms with Crippen molar-refractivity contribution in [2.75, 3.05) is 18.2 Å². The molecule has 1 aromatic heterocycles. The highest BCUT2D eigenvalue weighted by atomic mass is 32.2. The Kier molecular flexibility index (Phi) is 9.00. The largest absolute Gasteiger partial charge is 0.505 e. The minimum Gasteiger partial charge on any atom is -0.505 e. The lowest BCUT2D eigenvalue weighted by Crippen LogP contribution is -2.04. The lowest BCUT2D eigenvalue weighted by molar-refractivity contribution is 0.363. The molecule has 0 amide bonds. The summed E-state index contributed by atoms with van der Waals surface area (Å²) in [4.78, 5) is 9.30. The summed E-state index contributed by atoms with van der Waals surface area (Å²) in [5.74, 6) is -0.907. The van der Waals surface area contributed by atoms with E-state index in [0.717, 1.165) is 23.8 Å². The molecule has 17 nitrogen and oxygen atoms in total. The Hall–Kier alpha value is -5.70. The van der Waals surface area contributed by atoms with Gasteiger partial charge in [-0.3, -0.25) is 9.11 Å². The van der Waals surface area contributed by atoms with E-state index in [9.17, 15) is 35.4 Å². The number of nitrogens with one attached hydrogen (secondary N) is 1. The fourth-order valence-corrected chi connectivity index (χ4v) is 5.70. The molecule has 5 aromatic rings. The molecular formula is C28H24FN9O8S2. The van der Waals surface area contributed by atoms with Crippen LogP contribution in [0.1, 0.15) is 11.1 Å². The number of aromatic nitrogens is 3. The molecule has 0 saturated carbocycles. The van der Waals surface area contributed by atoms with Gasteiger partial charge in [0, 0.05) is 5.69 Å². The van der Waals surface area contributed by atoms with Crippen LogP contribution in [0.4, 0.5) is 44.5 Å². The van der Waals surface area contributed by atoms with Gasteiger partial charge in [-0.1, -0.05) is 17.7 Å². The van der Waals surface area contributed by atoms with Crippen LogP contribution in [0.2, 0.25) is 0 Å². The monoisotopic (exact) mass is 697 g/mol. The number of anilines is 3. The molecule has 0 saturated heterocycles. The number of aryl methyl sites for hydroxylation is 2. The van der Waals surface area contributed by atoms with Gasteiger partial charge in [0.1, 0.15) is 26.9 Å². The highest BCUT2D eigenvalue weighted by Crippen LogP contribution is 2.47. The fourth-order valence-electron chi connectivity index (χ4n) is 4.42. The van der Waals surface area contributed by atoms with E-state index in [1.54, 1.807) is 24.3 Å². The number of nitrogens with two attached hydrogens (primary N) is 1. The zero-order valence-electron chi connectivity index (χ0n) is 25.0. The van der Waals surface area contributed by atoms with Crippen molar-refractivity contribution in [1.29, 1.82) is 0 Å². The second-order valence-corrected chi connectivity index (χ2v) is 12.8. The van der Waals surface area contributed by atoms with Gasteiger partial charge in [-0.15, -0.1) is 20.3 Å². The minimum absolute atomic E-state index is 0.0770. The Balaban J connectivity index is 1.63. The maximum atomic E-state index is 13.8. The Morgan fingerprint density at radius 2 is 1.50 bits per heavy atom. The van der Waals surface area contributed by atoms with Gasteiger partial charge >= 0.3 is 12.1 Å². The summed E-state index contributed by atoms with van der Waals surface area (Å²) >= 11 is 0. The quantitative estimate of drug-likeness (QED) is 0.0658. The van der Waals surface area contributed by atoms with E-state index in [4.69, 9.17) is 10.5 Å². The van der Waals surface area contributed by atoms with Gasteiger partial charge < -0.3 is 20.9 Å². The third-order valence-corrected chi connectivity index (χ3v) is 8.41. The summed E-state index contributed by atoms with van der Waals surface area (Å²) < 4.78 is 87.2. The van der Waals surface area contributed by atoms with Gasteiger partial charge in [0.25, 0.3) is 20.2 Å². The first-order valence-electron chi connectivity index (χ1n) is 13.4. The first-order chi connectivity index (χ1) is 22.5. The van der Waals surface area contributed by atoms with Crippen LogP contribution >= 0.6 is 0 Å². The number of ether oxygens (including phenoxy) is 1. The molecule has 0 atom stereocenters. The SMILES string of the molecule is COc1nc(F)nc(Nc2ccc(S(=O)(=O)O)c(N=Nc3c(C)cc4cc(S(=O)(=O)O)c(N=Nc5ccc(C)cc5)c(N)c4c3O)c2)n1. The summed E-state index contributed by atoms with van der Waals surface area (Å²) in [5, 5.41) is 29.8. The molecule has 20 heteroatoms. The Morgan fingerprint density at radius 1 is 0.833 bits per heavy atom. The van der Waals surface area contributed by atoms with E-state index >= 15 is 0 Å². The van der Waals surface area contributed by atoms with Crippen molar-refractivity contribution in [3.05, 3.63) is 71.8 Å². The molecule has 48 heavy (non-hydrogen) atoms. The minimum atomic E-state index is -4.88. The van der Waals surface area contributed by atoms with Crippen molar-refractivity contribution in [1.82, 2.24) is 15.0 Å². The fraction of sp³-hybridized carbons (Fsp3) is 0.107. The second kappa shape index (κ2) is 12.8. The lowest BCUT2D eigenvalue weighted by Gasteiger charge is -2.14. The van der Waals surface area contributed by atoms with Crippen LogP contribution in [0.3, 0.4) is 0 Å². The standard InChI is InChI=1S/C28H24FN9O8S2/c1-13-4-6-16(7-5-13)35-38-24-20(48(43,44)45)11-15-10-14(2)23(25(39)21(15)22(24)30)37-36-18-12-17(8-9-19(18)47(40,41)42)31-27-32-26(29)33-28(34-27)46-3/h4-12,39H,30H2,1-3H3,(H,40,41,42)(H,43,44,45)(H,31,32,33,34). The van der Waals surface area contributed by atoms with Crippen molar-refractivity contribution < 1.29 is 40.2 Å². The number of phenols is 1. The van der Waals surface area contributed by atoms with E-state index in [1.165, 1.54) is 26.2 Å². The third kappa shape index (κ3) is 7.15. The van der Waals surface area contributed by atoms with Crippen LogP contribution in [0.5, 0.6) is 11.8 Å². The molecule has 4 aromatic carbocycles. The molecule has 1 heterocycles. The molecule has 0 aliphatic carbocycles. The average molecular weight is 698 g/mol. The number of hydrogen-bond donors (Lipinski definition) is 5. The maximum absolute atomic E-state index is 13.8. The number of halogens is 1. The molecule has 0 aliphatic rings. The number of methoxy groups -OCH3 is 1. The normalized spacial score (nSPS) is 12.3. The summed E-state index contributed by atoms with van der Waals surface area (Å²) in [6.45, 7) is 3.33. The molecule has 0 spiro atoms. The van der Waals surface area contributed by atoms with Gasteiger partial charge in [0.15, 0.2) is 5.75 Å². The van der Waals surface area contributed by atoms with E-state index in [1.807, 2.05) is 6.92 Å². The van der Waals surface area contributed by atoms with Gasteiger partial charge in [-0.05, 0) is 67.3 Å². The molecule has 6 N–H and O–H groups in total. The van der Waals surface area contributed by atoms with Crippen LogP contribution in [0, 0.1) is 19.9 Å². The zero-order chi connectivity index (χ0) is 35.0. The number of benzene rings is 4. The van der Waals surface area contributed by atoms with Crippen molar-refractivity contribution in [2.45, 2.75) is 23.6 Å². The third-order valence-electron chi connectivity index (χ3n) is 6.64.